The third kappa shape index (κ3) is 1.86. The van der Waals surface area contributed by atoms with Gasteiger partial charge < -0.3 is 0 Å². The van der Waals surface area contributed by atoms with Crippen molar-refractivity contribution < 1.29 is 14.5 Å². The minimum Gasteiger partial charge on any atom is -0.287 e. The first-order valence-electron chi connectivity index (χ1n) is 6.97. The second-order valence-electron chi connectivity index (χ2n) is 5.18. The highest BCUT2D eigenvalue weighted by Crippen LogP contribution is 2.27. The van der Waals surface area contributed by atoms with Crippen LogP contribution in [0.25, 0.3) is 5.69 Å². The molecule has 0 saturated heterocycles. The van der Waals surface area contributed by atoms with Crippen LogP contribution in [0.15, 0.2) is 48.5 Å². The predicted molar refractivity (Wildman–Crippen MR) is 81.3 cm³/mol. The van der Waals surface area contributed by atoms with Crippen LogP contribution < -0.4 is 0 Å². The minimum absolute atomic E-state index is 0.0166. The topological polar surface area (TPSA) is 108 Å². The molecule has 0 radical (unpaired) electrons. The summed E-state index contributed by atoms with van der Waals surface area (Å²) in [5.74, 6) is -0.725. The number of carbonyl (C=O) groups is 2. The standard InChI is InChI=1S/C16H8N4O4/c21-15-11-3-1-2-4-12(11)16(22)14-13(15)17-18-19(14)9-5-7-10(8-6-9)20(23)24/h1-8H. The highest BCUT2D eigenvalue weighted by molar-refractivity contribution is 6.27. The van der Waals surface area contributed by atoms with Gasteiger partial charge >= 0.3 is 0 Å². The second-order valence-corrected chi connectivity index (χ2v) is 5.18. The molecule has 3 aromatic rings. The van der Waals surface area contributed by atoms with Crippen LogP contribution in [-0.4, -0.2) is 31.5 Å². The van der Waals surface area contributed by atoms with Crippen LogP contribution >= 0.6 is 0 Å². The van der Waals surface area contributed by atoms with E-state index in [9.17, 15) is 19.7 Å². The van der Waals surface area contributed by atoms with Crippen molar-refractivity contribution in [1.29, 1.82) is 0 Å². The van der Waals surface area contributed by atoms with Gasteiger partial charge in [-0.3, -0.25) is 19.7 Å². The fourth-order valence-corrected chi connectivity index (χ4v) is 2.67. The molecule has 8 heteroatoms. The summed E-state index contributed by atoms with van der Waals surface area (Å²) in [6.45, 7) is 0. The van der Waals surface area contributed by atoms with Crippen molar-refractivity contribution in [2.45, 2.75) is 0 Å². The Morgan fingerprint density at radius 1 is 0.917 bits per heavy atom. The lowest BCUT2D eigenvalue weighted by atomic mass is 9.90. The van der Waals surface area contributed by atoms with E-state index in [2.05, 4.69) is 10.3 Å². The molecule has 0 atom stereocenters. The smallest absolute Gasteiger partial charge is 0.269 e. The first kappa shape index (κ1) is 13.9. The first-order valence-corrected chi connectivity index (χ1v) is 6.97. The zero-order valence-corrected chi connectivity index (χ0v) is 12.0. The molecule has 0 fully saturated rings. The van der Waals surface area contributed by atoms with E-state index >= 15 is 0 Å². The molecule has 0 amide bonds. The lowest BCUT2D eigenvalue weighted by molar-refractivity contribution is -0.384. The van der Waals surface area contributed by atoms with E-state index in [0.717, 1.165) is 0 Å². The predicted octanol–water partition coefficient (Wildman–Crippen LogP) is 1.95. The molecular weight excluding hydrogens is 312 g/mol. The first-order chi connectivity index (χ1) is 11.6. The fraction of sp³-hybridized carbons (Fsp3) is 0. The number of benzene rings is 2. The van der Waals surface area contributed by atoms with E-state index in [4.69, 9.17) is 0 Å². The number of ketones is 2. The number of hydrogen-bond donors (Lipinski definition) is 0. The Hall–Kier alpha value is -3.68. The summed E-state index contributed by atoms with van der Waals surface area (Å²) in [4.78, 5) is 35.4. The minimum atomic E-state index is -0.522. The van der Waals surface area contributed by atoms with Crippen LogP contribution in [0.2, 0.25) is 0 Å². The van der Waals surface area contributed by atoms with E-state index in [1.807, 2.05) is 0 Å². The maximum absolute atomic E-state index is 12.7. The highest BCUT2D eigenvalue weighted by atomic mass is 16.6. The molecule has 0 saturated carbocycles. The molecule has 0 bridgehead atoms. The van der Waals surface area contributed by atoms with Crippen molar-refractivity contribution in [3.05, 3.63) is 81.2 Å². The van der Waals surface area contributed by atoms with Crippen LogP contribution in [0.1, 0.15) is 32.1 Å². The summed E-state index contributed by atoms with van der Waals surface area (Å²) in [5.41, 5.74) is 0.964. The average molecular weight is 320 g/mol. The van der Waals surface area contributed by atoms with E-state index in [1.165, 1.54) is 28.9 Å². The largest absolute Gasteiger partial charge is 0.287 e. The quantitative estimate of drug-likeness (QED) is 0.412. The van der Waals surface area contributed by atoms with Gasteiger partial charge in [0.2, 0.25) is 11.6 Å². The average Bonchev–Trinajstić information content (AvgIpc) is 3.05. The fourth-order valence-electron chi connectivity index (χ4n) is 2.67. The van der Waals surface area contributed by atoms with Crippen LogP contribution in [0.5, 0.6) is 0 Å². The summed E-state index contributed by atoms with van der Waals surface area (Å²) in [6, 6.07) is 12.0. The van der Waals surface area contributed by atoms with Gasteiger partial charge in [0.15, 0.2) is 5.69 Å². The van der Waals surface area contributed by atoms with E-state index in [0.29, 0.717) is 16.8 Å². The van der Waals surface area contributed by atoms with Gasteiger partial charge in [-0.25, -0.2) is 4.68 Å². The van der Waals surface area contributed by atoms with Crippen LogP contribution in [0.3, 0.4) is 0 Å². The number of nitro benzene ring substituents is 1. The molecule has 116 valence electrons. The van der Waals surface area contributed by atoms with E-state index in [-0.39, 0.29) is 28.6 Å². The number of aromatic nitrogens is 3. The van der Waals surface area contributed by atoms with Gasteiger partial charge in [-0.05, 0) is 12.1 Å². The molecule has 1 aliphatic carbocycles. The SMILES string of the molecule is O=C1c2ccccc2C(=O)c2c1nnn2-c1ccc([N+](=O)[O-])cc1. The summed E-state index contributed by atoms with van der Waals surface area (Å²) in [6.07, 6.45) is 0. The summed E-state index contributed by atoms with van der Waals surface area (Å²) in [7, 11) is 0. The van der Waals surface area contributed by atoms with Crippen molar-refractivity contribution in [3.8, 4) is 5.69 Å². The molecule has 1 aliphatic rings. The molecule has 1 aromatic heterocycles. The number of nitrogens with zero attached hydrogens (tertiary/aromatic N) is 4. The van der Waals surface area contributed by atoms with Gasteiger partial charge in [-0.1, -0.05) is 29.5 Å². The third-order valence-corrected chi connectivity index (χ3v) is 3.82. The molecule has 8 nitrogen and oxygen atoms in total. The number of hydrogen-bond acceptors (Lipinski definition) is 6. The van der Waals surface area contributed by atoms with Crippen LogP contribution in [0, 0.1) is 10.1 Å². The van der Waals surface area contributed by atoms with E-state index in [1.54, 1.807) is 24.3 Å². The Labute approximate surface area is 134 Å². The van der Waals surface area contributed by atoms with Crippen LogP contribution in [0.4, 0.5) is 5.69 Å². The van der Waals surface area contributed by atoms with Gasteiger partial charge in [-0.2, -0.15) is 0 Å². The Balaban J connectivity index is 1.87. The third-order valence-electron chi connectivity index (χ3n) is 3.82. The highest BCUT2D eigenvalue weighted by Gasteiger charge is 2.35. The number of nitro groups is 1. The van der Waals surface area contributed by atoms with E-state index < -0.39 is 4.92 Å². The van der Waals surface area contributed by atoms with Crippen LogP contribution in [-0.2, 0) is 0 Å². The maximum Gasteiger partial charge on any atom is 0.269 e. The summed E-state index contributed by atoms with van der Waals surface area (Å²) >= 11 is 0. The lowest BCUT2D eigenvalue weighted by Crippen LogP contribution is -2.22. The number of carbonyl (C=O) groups excluding carboxylic acids is 2. The zero-order valence-electron chi connectivity index (χ0n) is 12.0. The molecule has 0 unspecified atom stereocenters. The molecule has 0 aliphatic heterocycles. The monoisotopic (exact) mass is 320 g/mol. The maximum atomic E-state index is 12.7. The van der Waals surface area contributed by atoms with Crippen molar-refractivity contribution >= 4 is 17.3 Å². The van der Waals surface area contributed by atoms with Gasteiger partial charge in [-0.15, -0.1) is 5.10 Å². The number of rotatable bonds is 2. The molecule has 1 heterocycles. The van der Waals surface area contributed by atoms with Gasteiger partial charge in [0.1, 0.15) is 5.69 Å². The zero-order chi connectivity index (χ0) is 16.8. The Morgan fingerprint density at radius 2 is 1.54 bits per heavy atom. The van der Waals surface area contributed by atoms with Crippen molar-refractivity contribution in [2.75, 3.05) is 0 Å². The molecule has 24 heavy (non-hydrogen) atoms. The number of fused-ring (bicyclic) bond motifs is 2. The Bertz CT molecular complexity index is 1020. The molecular formula is C16H8N4O4. The number of non-ortho nitro benzene ring substituents is 1. The van der Waals surface area contributed by atoms with Gasteiger partial charge in [0.25, 0.3) is 5.69 Å². The Kier molecular flexibility index (Phi) is 2.86. The van der Waals surface area contributed by atoms with Crippen molar-refractivity contribution in [3.63, 3.8) is 0 Å². The summed E-state index contributed by atoms with van der Waals surface area (Å²) in [5, 5.41) is 18.4. The van der Waals surface area contributed by atoms with Gasteiger partial charge in [0, 0.05) is 23.3 Å². The van der Waals surface area contributed by atoms with Crippen molar-refractivity contribution in [2.24, 2.45) is 0 Å². The lowest BCUT2D eigenvalue weighted by Gasteiger charge is -2.14. The van der Waals surface area contributed by atoms with Gasteiger partial charge in [0.05, 0.1) is 10.6 Å². The molecule has 0 N–H and O–H groups in total. The Morgan fingerprint density at radius 3 is 2.17 bits per heavy atom. The van der Waals surface area contributed by atoms with Crippen molar-refractivity contribution in [1.82, 2.24) is 15.0 Å². The normalized spacial score (nSPS) is 12.7. The molecule has 0 spiro atoms. The second kappa shape index (κ2) is 4.92. The molecule has 4 rings (SSSR count). The molecule has 2 aromatic carbocycles. The summed E-state index contributed by atoms with van der Waals surface area (Å²) < 4.78 is 1.23.